The van der Waals surface area contributed by atoms with Crippen LogP contribution < -0.4 is 15.4 Å². The lowest BCUT2D eigenvalue weighted by atomic mass is 10.0. The number of nitrogens with one attached hydrogen (secondary N) is 2. The van der Waals surface area contributed by atoms with E-state index in [1.54, 1.807) is 31.4 Å². The number of hydrogen-bond donors (Lipinski definition) is 2. The normalized spacial score (nSPS) is 11.5. The number of thioether (sulfide) groups is 1. The maximum Gasteiger partial charge on any atom is 0.286 e. The third kappa shape index (κ3) is 7.08. The molecule has 31 heavy (non-hydrogen) atoms. The fourth-order valence-corrected chi connectivity index (χ4v) is 4.35. The molecule has 0 saturated heterocycles. The van der Waals surface area contributed by atoms with Crippen LogP contribution in [-0.4, -0.2) is 41.4 Å². The van der Waals surface area contributed by atoms with Gasteiger partial charge in [-0.2, -0.15) is 0 Å². The molecule has 9 heteroatoms. The smallest absolute Gasteiger partial charge is 0.286 e. The molecule has 0 aliphatic rings. The lowest BCUT2D eigenvalue weighted by Crippen LogP contribution is -2.29. The number of methoxy groups -OCH3 is 1. The van der Waals surface area contributed by atoms with Crippen molar-refractivity contribution in [2.45, 2.75) is 18.6 Å². The van der Waals surface area contributed by atoms with Crippen LogP contribution >= 0.6 is 23.1 Å². The minimum absolute atomic E-state index is 0.0187. The standard InChI is InChI=1S/C22H24N4O3S2/c1-15(16-6-4-3-5-7-16)12-23-19(27)13-30-14-20-25-26-22(31-20)21(28)24-17-8-10-18(29-2)11-9-17/h3-11,15H,12-14H2,1-2H3,(H,23,27)(H,24,28)/t15-/m1/s1. The van der Waals surface area contributed by atoms with E-state index in [9.17, 15) is 9.59 Å². The fourth-order valence-electron chi connectivity index (χ4n) is 2.71. The highest BCUT2D eigenvalue weighted by Crippen LogP contribution is 2.20. The van der Waals surface area contributed by atoms with Crippen LogP contribution in [0, 0.1) is 0 Å². The molecular formula is C22H24N4O3S2. The summed E-state index contributed by atoms with van der Waals surface area (Å²) in [6.07, 6.45) is 0. The molecule has 7 nitrogen and oxygen atoms in total. The Hall–Kier alpha value is -2.91. The predicted octanol–water partition coefficient (Wildman–Crippen LogP) is 3.95. The van der Waals surface area contributed by atoms with Crippen molar-refractivity contribution in [3.8, 4) is 5.75 Å². The fraction of sp³-hybridized carbons (Fsp3) is 0.273. The van der Waals surface area contributed by atoms with Crippen LogP contribution in [0.4, 0.5) is 5.69 Å². The van der Waals surface area contributed by atoms with Crippen LogP contribution in [-0.2, 0) is 10.5 Å². The van der Waals surface area contributed by atoms with E-state index in [0.717, 1.165) is 0 Å². The minimum Gasteiger partial charge on any atom is -0.497 e. The highest BCUT2D eigenvalue weighted by molar-refractivity contribution is 7.99. The molecule has 2 N–H and O–H groups in total. The third-order valence-electron chi connectivity index (χ3n) is 4.44. The molecule has 3 aromatic rings. The Morgan fingerprint density at radius 1 is 1.10 bits per heavy atom. The van der Waals surface area contributed by atoms with E-state index in [1.807, 2.05) is 18.2 Å². The number of carbonyl (C=O) groups excluding carboxylic acids is 2. The Balaban J connectivity index is 1.39. The first-order chi connectivity index (χ1) is 15.0. The summed E-state index contributed by atoms with van der Waals surface area (Å²) in [4.78, 5) is 24.4. The molecule has 0 saturated carbocycles. The average Bonchev–Trinajstić information content (AvgIpc) is 3.27. The van der Waals surface area contributed by atoms with E-state index in [0.29, 0.717) is 34.5 Å². The summed E-state index contributed by atoms with van der Waals surface area (Å²) in [7, 11) is 1.59. The first-order valence-corrected chi connectivity index (χ1v) is 11.7. The zero-order valence-electron chi connectivity index (χ0n) is 17.3. The van der Waals surface area contributed by atoms with Crippen molar-refractivity contribution in [2.75, 3.05) is 24.7 Å². The Kier molecular flexibility index (Phi) is 8.43. The largest absolute Gasteiger partial charge is 0.497 e. The van der Waals surface area contributed by atoms with Crippen molar-refractivity contribution in [3.63, 3.8) is 0 Å². The Morgan fingerprint density at radius 3 is 2.55 bits per heavy atom. The summed E-state index contributed by atoms with van der Waals surface area (Å²) in [5, 5.41) is 14.7. The van der Waals surface area contributed by atoms with Crippen LogP contribution in [0.1, 0.15) is 33.2 Å². The second kappa shape index (κ2) is 11.5. The second-order valence-electron chi connectivity index (χ2n) is 6.79. The van der Waals surface area contributed by atoms with Gasteiger partial charge < -0.3 is 15.4 Å². The van der Waals surface area contributed by atoms with Crippen molar-refractivity contribution >= 4 is 40.6 Å². The van der Waals surface area contributed by atoms with Gasteiger partial charge >= 0.3 is 0 Å². The maximum absolute atomic E-state index is 12.3. The van der Waals surface area contributed by atoms with Gasteiger partial charge in [-0.3, -0.25) is 9.59 Å². The number of ether oxygens (including phenoxy) is 1. The number of carbonyl (C=O) groups is 2. The van der Waals surface area contributed by atoms with Gasteiger partial charge in [0.05, 0.1) is 12.9 Å². The van der Waals surface area contributed by atoms with Gasteiger partial charge in [-0.25, -0.2) is 0 Å². The highest BCUT2D eigenvalue weighted by atomic mass is 32.2. The summed E-state index contributed by atoms with van der Waals surface area (Å²) >= 11 is 2.67. The van der Waals surface area contributed by atoms with Crippen LogP contribution in [0.3, 0.4) is 0 Å². The van der Waals surface area contributed by atoms with Crippen molar-refractivity contribution in [3.05, 3.63) is 70.2 Å². The molecule has 3 rings (SSSR count). The van der Waals surface area contributed by atoms with Gasteiger partial charge in [0.1, 0.15) is 10.8 Å². The predicted molar refractivity (Wildman–Crippen MR) is 125 cm³/mol. The zero-order chi connectivity index (χ0) is 22.1. The van der Waals surface area contributed by atoms with E-state index in [4.69, 9.17) is 4.74 Å². The van der Waals surface area contributed by atoms with Crippen LogP contribution in [0.25, 0.3) is 0 Å². The van der Waals surface area contributed by atoms with Crippen LogP contribution in [0.2, 0.25) is 0 Å². The molecule has 0 radical (unpaired) electrons. The molecule has 0 spiro atoms. The lowest BCUT2D eigenvalue weighted by Gasteiger charge is -2.12. The summed E-state index contributed by atoms with van der Waals surface area (Å²) in [6.45, 7) is 2.68. The molecule has 2 amide bonds. The molecule has 162 valence electrons. The average molecular weight is 457 g/mol. The Labute approximate surface area is 189 Å². The van der Waals surface area contributed by atoms with Crippen LogP contribution in [0.15, 0.2) is 54.6 Å². The third-order valence-corrected chi connectivity index (χ3v) is 6.49. The summed E-state index contributed by atoms with van der Waals surface area (Å²) in [6, 6.07) is 17.1. The number of amides is 2. The number of aromatic nitrogens is 2. The Morgan fingerprint density at radius 2 is 1.84 bits per heavy atom. The van der Waals surface area contributed by atoms with E-state index in [2.05, 4.69) is 39.9 Å². The number of hydrogen-bond acceptors (Lipinski definition) is 7. The number of nitrogens with zero attached hydrogens (tertiary/aromatic N) is 2. The van der Waals surface area contributed by atoms with Gasteiger partial charge in [-0.05, 0) is 35.7 Å². The SMILES string of the molecule is COc1ccc(NC(=O)c2nnc(CSCC(=O)NC[C@@H](C)c3ccccc3)s2)cc1. The van der Waals surface area contributed by atoms with Crippen molar-refractivity contribution in [1.29, 1.82) is 0 Å². The molecule has 1 atom stereocenters. The number of anilines is 1. The maximum atomic E-state index is 12.3. The van der Waals surface area contributed by atoms with Gasteiger partial charge in [0.2, 0.25) is 10.9 Å². The topological polar surface area (TPSA) is 93.2 Å². The molecule has 2 aromatic carbocycles. The summed E-state index contributed by atoms with van der Waals surface area (Å²) in [5.41, 5.74) is 1.85. The van der Waals surface area contributed by atoms with Crippen molar-refractivity contribution in [1.82, 2.24) is 15.5 Å². The molecule has 0 aliphatic carbocycles. The number of rotatable bonds is 10. The van der Waals surface area contributed by atoms with Crippen LogP contribution in [0.5, 0.6) is 5.75 Å². The van der Waals surface area contributed by atoms with Crippen molar-refractivity contribution < 1.29 is 14.3 Å². The molecule has 1 aromatic heterocycles. The molecule has 0 bridgehead atoms. The molecule has 0 aliphatic heterocycles. The molecule has 1 heterocycles. The number of benzene rings is 2. The quantitative estimate of drug-likeness (QED) is 0.480. The summed E-state index contributed by atoms with van der Waals surface area (Å²) < 4.78 is 5.10. The first kappa shape index (κ1) is 22.8. The van der Waals surface area contributed by atoms with Crippen molar-refractivity contribution in [2.24, 2.45) is 0 Å². The van der Waals surface area contributed by atoms with E-state index in [1.165, 1.54) is 28.7 Å². The van der Waals surface area contributed by atoms with E-state index >= 15 is 0 Å². The van der Waals surface area contributed by atoms with E-state index in [-0.39, 0.29) is 22.7 Å². The van der Waals surface area contributed by atoms with Gasteiger partial charge in [-0.1, -0.05) is 48.6 Å². The monoisotopic (exact) mass is 456 g/mol. The van der Waals surface area contributed by atoms with Gasteiger partial charge in [0, 0.05) is 18.0 Å². The zero-order valence-corrected chi connectivity index (χ0v) is 19.0. The van der Waals surface area contributed by atoms with Gasteiger partial charge in [-0.15, -0.1) is 22.0 Å². The minimum atomic E-state index is -0.313. The summed E-state index contributed by atoms with van der Waals surface area (Å²) in [5.74, 6) is 1.49. The molecule has 0 fully saturated rings. The lowest BCUT2D eigenvalue weighted by molar-refractivity contribution is -0.118. The van der Waals surface area contributed by atoms with E-state index < -0.39 is 0 Å². The first-order valence-electron chi connectivity index (χ1n) is 9.72. The molecular weight excluding hydrogens is 432 g/mol. The second-order valence-corrected chi connectivity index (χ2v) is 8.84. The Bertz CT molecular complexity index is 994. The molecule has 0 unspecified atom stereocenters. The highest BCUT2D eigenvalue weighted by Gasteiger charge is 2.14. The van der Waals surface area contributed by atoms with Gasteiger partial charge in [0.15, 0.2) is 0 Å². The van der Waals surface area contributed by atoms with Gasteiger partial charge in [0.25, 0.3) is 5.91 Å².